The Morgan fingerprint density at radius 2 is 2.35 bits per heavy atom. The average Bonchev–Trinajstić information content (AvgIpc) is 2.28. The molecule has 0 unspecified atom stereocenters. The smallest absolute Gasteiger partial charge is 0.255 e. The quantitative estimate of drug-likeness (QED) is 0.667. The van der Waals surface area contributed by atoms with Crippen molar-refractivity contribution < 1.29 is 9.53 Å². The van der Waals surface area contributed by atoms with E-state index in [4.69, 9.17) is 4.74 Å². The van der Waals surface area contributed by atoms with E-state index in [0.717, 1.165) is 13.6 Å². The Hall–Kier alpha value is -0.140. The Balaban J connectivity index is 2.18. The second kappa shape index (κ2) is 5.67. The number of ether oxygens (including phenoxy) is 1. The molecule has 5 heteroatoms. The summed E-state index contributed by atoms with van der Waals surface area (Å²) < 4.78 is 7.40. The summed E-state index contributed by atoms with van der Waals surface area (Å²) in [4.78, 5) is 14.2. The number of benzene rings is 1. The van der Waals surface area contributed by atoms with Gasteiger partial charge in [-0.1, -0.05) is 0 Å². The lowest BCUT2D eigenvalue weighted by molar-refractivity contribution is -0.0124. The largest absolute Gasteiger partial charge is 0.375 e. The Morgan fingerprint density at radius 1 is 1.59 bits per heavy atom. The normalized spacial score (nSPS) is 20.4. The second-order valence-corrected chi connectivity index (χ2v) is 6.16. The molecule has 0 aliphatic carbocycles. The van der Waals surface area contributed by atoms with Gasteiger partial charge in [0.2, 0.25) is 0 Å². The molecule has 1 aliphatic rings. The molecule has 1 aromatic carbocycles. The van der Waals surface area contributed by atoms with Crippen LogP contribution in [0.5, 0.6) is 0 Å². The zero-order valence-corrected chi connectivity index (χ0v) is 13.2. The lowest BCUT2D eigenvalue weighted by atomic mass is 10.2. The highest BCUT2D eigenvalue weighted by Crippen LogP contribution is 2.22. The summed E-state index contributed by atoms with van der Waals surface area (Å²) in [7, 11) is 0. The molecule has 0 N–H and O–H groups in total. The molecule has 17 heavy (non-hydrogen) atoms. The highest BCUT2D eigenvalue weighted by atomic mass is 127. The van der Waals surface area contributed by atoms with Crippen molar-refractivity contribution in [3.63, 3.8) is 0 Å². The van der Waals surface area contributed by atoms with Crippen molar-refractivity contribution in [2.75, 3.05) is 19.7 Å². The number of halogens is 2. The molecule has 0 aromatic heterocycles. The first kappa shape index (κ1) is 13.3. The van der Waals surface area contributed by atoms with Gasteiger partial charge in [-0.25, -0.2) is 0 Å². The number of carbonyl (C=O) groups is 1. The van der Waals surface area contributed by atoms with E-state index in [2.05, 4.69) is 38.5 Å². The van der Waals surface area contributed by atoms with Gasteiger partial charge in [0.1, 0.15) is 0 Å². The monoisotopic (exact) mass is 409 g/mol. The molecule has 1 aromatic rings. The van der Waals surface area contributed by atoms with E-state index in [1.165, 1.54) is 0 Å². The van der Waals surface area contributed by atoms with E-state index in [9.17, 15) is 4.79 Å². The summed E-state index contributed by atoms with van der Waals surface area (Å²) >= 11 is 5.67. The molecule has 3 nitrogen and oxygen atoms in total. The second-order valence-electron chi connectivity index (χ2n) is 4.06. The van der Waals surface area contributed by atoms with Crippen molar-refractivity contribution in [3.05, 3.63) is 31.8 Å². The van der Waals surface area contributed by atoms with Crippen LogP contribution in [0.1, 0.15) is 17.3 Å². The minimum absolute atomic E-state index is 0.0726. The summed E-state index contributed by atoms with van der Waals surface area (Å²) in [6.45, 7) is 3.94. The van der Waals surface area contributed by atoms with Crippen LogP contribution < -0.4 is 0 Å². The summed E-state index contributed by atoms with van der Waals surface area (Å²) in [6.07, 6.45) is 0.121. The van der Waals surface area contributed by atoms with E-state index in [-0.39, 0.29) is 12.0 Å². The molecule has 1 amide bonds. The molecule has 0 radical (unpaired) electrons. The lowest BCUT2D eigenvalue weighted by Crippen LogP contribution is -2.44. The fourth-order valence-corrected chi connectivity index (χ4v) is 3.30. The van der Waals surface area contributed by atoms with Crippen LogP contribution in [-0.2, 0) is 4.74 Å². The van der Waals surface area contributed by atoms with Gasteiger partial charge in [0.25, 0.3) is 5.91 Å². The Kier molecular flexibility index (Phi) is 4.43. The van der Waals surface area contributed by atoms with Gasteiger partial charge in [0.15, 0.2) is 0 Å². The number of hydrogen-bond donors (Lipinski definition) is 0. The van der Waals surface area contributed by atoms with Crippen molar-refractivity contribution in [3.8, 4) is 0 Å². The minimum Gasteiger partial charge on any atom is -0.375 e. The van der Waals surface area contributed by atoms with Crippen LogP contribution in [0.25, 0.3) is 0 Å². The van der Waals surface area contributed by atoms with Gasteiger partial charge in [-0.2, -0.15) is 0 Å². The minimum atomic E-state index is 0.0726. The van der Waals surface area contributed by atoms with Gasteiger partial charge in [0, 0.05) is 21.1 Å². The van der Waals surface area contributed by atoms with Crippen LogP contribution >= 0.6 is 38.5 Å². The van der Waals surface area contributed by atoms with Gasteiger partial charge in [-0.05, 0) is 63.6 Å². The molecule has 0 saturated carbocycles. The Bertz CT molecular complexity index is 439. The van der Waals surface area contributed by atoms with Crippen LogP contribution in [0.4, 0.5) is 0 Å². The maximum atomic E-state index is 12.3. The first-order chi connectivity index (χ1) is 8.08. The van der Waals surface area contributed by atoms with Crippen LogP contribution in [0.3, 0.4) is 0 Å². The highest BCUT2D eigenvalue weighted by Gasteiger charge is 2.23. The first-order valence-electron chi connectivity index (χ1n) is 5.44. The fraction of sp³-hybridized carbons (Fsp3) is 0.417. The third-order valence-corrected chi connectivity index (χ3v) is 4.02. The molecular formula is C12H13BrINO2. The molecule has 92 valence electrons. The number of rotatable bonds is 1. The van der Waals surface area contributed by atoms with E-state index in [1.54, 1.807) is 0 Å². The van der Waals surface area contributed by atoms with E-state index < -0.39 is 0 Å². The molecule has 0 spiro atoms. The predicted octanol–water partition coefficient (Wildman–Crippen LogP) is 2.91. The molecule has 1 fully saturated rings. The number of nitrogens with zero attached hydrogens (tertiary/aromatic N) is 1. The van der Waals surface area contributed by atoms with Crippen LogP contribution in [-0.4, -0.2) is 36.6 Å². The zero-order chi connectivity index (χ0) is 12.4. The Labute approximate surface area is 123 Å². The van der Waals surface area contributed by atoms with E-state index >= 15 is 0 Å². The number of carbonyl (C=O) groups excluding carboxylic acids is 1. The van der Waals surface area contributed by atoms with Crippen LogP contribution in [0.15, 0.2) is 22.7 Å². The summed E-state index contributed by atoms with van der Waals surface area (Å²) in [5.74, 6) is 0.0726. The van der Waals surface area contributed by atoms with Crippen molar-refractivity contribution in [2.24, 2.45) is 0 Å². The van der Waals surface area contributed by atoms with E-state index in [1.807, 2.05) is 30.0 Å². The fourth-order valence-electron chi connectivity index (χ4n) is 1.84. The SMILES string of the molecule is C[C@H]1CN(C(=O)c2ccc(I)cc2Br)CCO1. The van der Waals surface area contributed by atoms with Gasteiger partial charge < -0.3 is 9.64 Å². The topological polar surface area (TPSA) is 29.5 Å². The molecule has 2 rings (SSSR count). The van der Waals surface area contributed by atoms with Gasteiger partial charge >= 0.3 is 0 Å². The molecule has 0 bridgehead atoms. The molecule has 1 saturated heterocycles. The number of morpholine rings is 1. The van der Waals surface area contributed by atoms with Crippen molar-refractivity contribution in [1.82, 2.24) is 4.90 Å². The standard InChI is InChI=1S/C12H13BrINO2/c1-8-7-15(4-5-17-8)12(16)10-3-2-9(14)6-11(10)13/h2-3,6,8H,4-5,7H2,1H3/t8-/m0/s1. The molecule has 1 heterocycles. The summed E-state index contributed by atoms with van der Waals surface area (Å²) in [6, 6.07) is 5.77. The van der Waals surface area contributed by atoms with Crippen molar-refractivity contribution >= 4 is 44.4 Å². The lowest BCUT2D eigenvalue weighted by Gasteiger charge is -2.31. The van der Waals surface area contributed by atoms with Gasteiger partial charge in [-0.15, -0.1) is 0 Å². The maximum Gasteiger partial charge on any atom is 0.255 e. The predicted molar refractivity (Wildman–Crippen MR) is 78.2 cm³/mol. The van der Waals surface area contributed by atoms with E-state index in [0.29, 0.717) is 19.7 Å². The molecular weight excluding hydrogens is 397 g/mol. The number of amides is 1. The van der Waals surface area contributed by atoms with Gasteiger partial charge in [0.05, 0.1) is 18.3 Å². The average molecular weight is 410 g/mol. The third kappa shape index (κ3) is 3.20. The van der Waals surface area contributed by atoms with Crippen molar-refractivity contribution in [2.45, 2.75) is 13.0 Å². The van der Waals surface area contributed by atoms with Crippen LogP contribution in [0.2, 0.25) is 0 Å². The summed E-state index contributed by atoms with van der Waals surface area (Å²) in [5.41, 5.74) is 0.722. The number of hydrogen-bond acceptors (Lipinski definition) is 2. The zero-order valence-electron chi connectivity index (χ0n) is 9.45. The maximum absolute atomic E-state index is 12.3. The molecule has 1 atom stereocenters. The van der Waals surface area contributed by atoms with Gasteiger partial charge in [-0.3, -0.25) is 4.79 Å². The van der Waals surface area contributed by atoms with Crippen molar-refractivity contribution in [1.29, 1.82) is 0 Å². The van der Waals surface area contributed by atoms with Crippen LogP contribution in [0, 0.1) is 3.57 Å². The third-order valence-electron chi connectivity index (χ3n) is 2.69. The molecule has 1 aliphatic heterocycles. The summed E-state index contributed by atoms with van der Waals surface area (Å²) in [5, 5.41) is 0. The highest BCUT2D eigenvalue weighted by molar-refractivity contribution is 14.1. The Morgan fingerprint density at radius 3 is 3.00 bits per heavy atom. The first-order valence-corrected chi connectivity index (χ1v) is 7.31.